The highest BCUT2D eigenvalue weighted by Crippen LogP contribution is 2.42. The maximum atomic E-state index is 12.4. The first kappa shape index (κ1) is 18.2. The van der Waals surface area contributed by atoms with Gasteiger partial charge in [0.2, 0.25) is 5.78 Å². The number of carbonyl (C=O) groups excluding carboxylic acids is 3. The van der Waals surface area contributed by atoms with Gasteiger partial charge in [0.1, 0.15) is 18.0 Å². The molecule has 3 rings (SSSR count). The van der Waals surface area contributed by atoms with Crippen molar-refractivity contribution in [2.24, 2.45) is 5.92 Å². The molecule has 0 spiro atoms. The Bertz CT molecular complexity index is 799. The second-order valence-corrected chi connectivity index (χ2v) is 7.10. The summed E-state index contributed by atoms with van der Waals surface area (Å²) in [5.41, 5.74) is 0.238. The van der Waals surface area contributed by atoms with E-state index in [0.717, 1.165) is 0 Å². The Morgan fingerprint density at radius 3 is 2.77 bits per heavy atom. The molecule has 3 heterocycles. The van der Waals surface area contributed by atoms with Crippen molar-refractivity contribution in [3.05, 3.63) is 47.3 Å². The summed E-state index contributed by atoms with van der Waals surface area (Å²) in [4.78, 5) is 36.8. The molecule has 1 saturated heterocycles. The molecule has 2 bridgehead atoms. The molecule has 3 aliphatic heterocycles. The number of carbonyl (C=O) groups is 3. The number of esters is 2. The van der Waals surface area contributed by atoms with Crippen LogP contribution < -0.4 is 0 Å². The van der Waals surface area contributed by atoms with Crippen molar-refractivity contribution in [1.29, 1.82) is 0 Å². The summed E-state index contributed by atoms with van der Waals surface area (Å²) in [6, 6.07) is 0. The molecule has 26 heavy (non-hydrogen) atoms. The standard InChI is InChI=1S/C20H22O6/c1-6-10(2)18(22)24-14-7-11(3)13-8-16(21)20(5,26-13)9-15-17(14)12(4)19(23)25-15/h6-8,14-15,17H,4,9H2,1-3,5H3/b10-6-,11-7-/t14-,15-,17-,20+/m0/s1. The van der Waals surface area contributed by atoms with Gasteiger partial charge in [-0.25, -0.2) is 9.59 Å². The fourth-order valence-electron chi connectivity index (χ4n) is 3.41. The lowest BCUT2D eigenvalue weighted by molar-refractivity contribution is -0.148. The van der Waals surface area contributed by atoms with Gasteiger partial charge in [0.25, 0.3) is 0 Å². The lowest BCUT2D eigenvalue weighted by Crippen LogP contribution is -2.41. The summed E-state index contributed by atoms with van der Waals surface area (Å²) >= 11 is 0. The molecule has 1 fully saturated rings. The van der Waals surface area contributed by atoms with Gasteiger partial charge in [-0.15, -0.1) is 0 Å². The molecule has 6 heteroatoms. The molecular weight excluding hydrogens is 336 g/mol. The van der Waals surface area contributed by atoms with Crippen molar-refractivity contribution in [3.63, 3.8) is 0 Å². The highest BCUT2D eigenvalue weighted by molar-refractivity contribution is 6.00. The predicted molar refractivity (Wildman–Crippen MR) is 92.8 cm³/mol. The molecule has 4 atom stereocenters. The van der Waals surface area contributed by atoms with E-state index < -0.39 is 35.7 Å². The highest BCUT2D eigenvalue weighted by Gasteiger charge is 2.52. The van der Waals surface area contributed by atoms with Gasteiger partial charge in [0.05, 0.1) is 5.92 Å². The van der Waals surface area contributed by atoms with Gasteiger partial charge >= 0.3 is 11.9 Å². The molecule has 0 amide bonds. The Hall–Kier alpha value is -2.63. The van der Waals surface area contributed by atoms with Crippen molar-refractivity contribution in [2.45, 2.75) is 51.9 Å². The third-order valence-electron chi connectivity index (χ3n) is 5.19. The third-order valence-corrected chi connectivity index (χ3v) is 5.19. The van der Waals surface area contributed by atoms with Crippen molar-refractivity contribution in [3.8, 4) is 0 Å². The summed E-state index contributed by atoms with van der Waals surface area (Å²) in [6.07, 6.45) is 3.55. The number of allylic oxidation sites excluding steroid dienone is 2. The van der Waals surface area contributed by atoms with Gasteiger partial charge in [0, 0.05) is 23.6 Å². The molecule has 0 aromatic rings. The Kier molecular flexibility index (Phi) is 4.38. The van der Waals surface area contributed by atoms with Crippen LogP contribution in [0.25, 0.3) is 0 Å². The number of rotatable bonds is 2. The maximum Gasteiger partial charge on any atom is 0.334 e. The van der Waals surface area contributed by atoms with E-state index in [-0.39, 0.29) is 17.8 Å². The monoisotopic (exact) mass is 358 g/mol. The normalized spacial score (nSPS) is 35.9. The number of ether oxygens (including phenoxy) is 3. The summed E-state index contributed by atoms with van der Waals surface area (Å²) in [6.45, 7) is 10.7. The first-order valence-corrected chi connectivity index (χ1v) is 8.54. The van der Waals surface area contributed by atoms with Gasteiger partial charge in [0.15, 0.2) is 5.60 Å². The third kappa shape index (κ3) is 2.89. The minimum absolute atomic E-state index is 0.166. The van der Waals surface area contributed by atoms with E-state index in [0.29, 0.717) is 16.9 Å². The maximum absolute atomic E-state index is 12.4. The molecule has 0 aromatic carbocycles. The lowest BCUT2D eigenvalue weighted by atomic mass is 9.83. The molecule has 138 valence electrons. The summed E-state index contributed by atoms with van der Waals surface area (Å²) in [5, 5.41) is 0. The molecule has 0 aliphatic carbocycles. The molecule has 0 unspecified atom stereocenters. The highest BCUT2D eigenvalue weighted by atomic mass is 16.6. The quantitative estimate of drug-likeness (QED) is 0.558. The number of ketones is 1. The average molecular weight is 358 g/mol. The fraction of sp³-hybridized carbons (Fsp3) is 0.450. The van der Waals surface area contributed by atoms with Gasteiger partial charge < -0.3 is 14.2 Å². The van der Waals surface area contributed by atoms with Crippen LogP contribution >= 0.6 is 0 Å². The van der Waals surface area contributed by atoms with Crippen LogP contribution in [-0.2, 0) is 28.6 Å². The lowest BCUT2D eigenvalue weighted by Gasteiger charge is -2.29. The van der Waals surface area contributed by atoms with Gasteiger partial charge in [-0.1, -0.05) is 12.7 Å². The van der Waals surface area contributed by atoms with Crippen molar-refractivity contribution in [2.75, 3.05) is 0 Å². The van der Waals surface area contributed by atoms with Gasteiger partial charge in [-0.05, 0) is 39.3 Å². The zero-order chi connectivity index (χ0) is 19.2. The second kappa shape index (κ2) is 6.27. The Balaban J connectivity index is 2.06. The summed E-state index contributed by atoms with van der Waals surface area (Å²) in [5.74, 6) is -1.32. The molecule has 0 saturated carbocycles. The van der Waals surface area contributed by atoms with Crippen LogP contribution in [0, 0.1) is 5.92 Å². The SMILES string of the molecule is C=C1C(=O)O[C@H]2C[C@@]3(C)OC(=CC3=O)/C(C)=C\[C@H](OC(=O)/C(C)=C\C)[C@H]12. The van der Waals surface area contributed by atoms with E-state index in [1.165, 1.54) is 6.08 Å². The summed E-state index contributed by atoms with van der Waals surface area (Å²) < 4.78 is 17.0. The molecule has 0 N–H and O–H groups in total. The first-order chi connectivity index (χ1) is 12.2. The number of fused-ring (bicyclic) bond motifs is 3. The smallest absolute Gasteiger partial charge is 0.334 e. The second-order valence-electron chi connectivity index (χ2n) is 7.10. The van der Waals surface area contributed by atoms with E-state index in [2.05, 4.69) is 6.58 Å². The Labute approximate surface area is 152 Å². The van der Waals surface area contributed by atoms with Crippen LogP contribution in [-0.4, -0.2) is 35.5 Å². The first-order valence-electron chi connectivity index (χ1n) is 8.54. The van der Waals surface area contributed by atoms with E-state index in [4.69, 9.17) is 14.2 Å². The van der Waals surface area contributed by atoms with Crippen LogP contribution in [0.1, 0.15) is 34.1 Å². The van der Waals surface area contributed by atoms with E-state index in [9.17, 15) is 14.4 Å². The van der Waals surface area contributed by atoms with Crippen molar-refractivity contribution >= 4 is 17.7 Å². The Morgan fingerprint density at radius 1 is 1.42 bits per heavy atom. The van der Waals surface area contributed by atoms with Crippen LogP contribution in [0.3, 0.4) is 0 Å². The molecule has 0 radical (unpaired) electrons. The van der Waals surface area contributed by atoms with E-state index in [1.807, 2.05) is 0 Å². The molecule has 0 aromatic heterocycles. The number of hydrogen-bond donors (Lipinski definition) is 0. The zero-order valence-corrected chi connectivity index (χ0v) is 15.3. The van der Waals surface area contributed by atoms with Crippen molar-refractivity contribution < 1.29 is 28.6 Å². The Morgan fingerprint density at radius 2 is 2.12 bits per heavy atom. The molecular formula is C20H22O6. The predicted octanol–water partition coefficient (Wildman–Crippen LogP) is 2.55. The average Bonchev–Trinajstić information content (AvgIpc) is 3.03. The van der Waals surface area contributed by atoms with Crippen LogP contribution in [0.4, 0.5) is 0 Å². The van der Waals surface area contributed by atoms with E-state index >= 15 is 0 Å². The van der Waals surface area contributed by atoms with Gasteiger partial charge in [-0.2, -0.15) is 0 Å². The van der Waals surface area contributed by atoms with Gasteiger partial charge in [-0.3, -0.25) is 4.79 Å². The largest absolute Gasteiger partial charge is 0.479 e. The number of hydrogen-bond acceptors (Lipinski definition) is 6. The molecule has 6 nitrogen and oxygen atoms in total. The minimum Gasteiger partial charge on any atom is -0.479 e. The minimum atomic E-state index is -1.11. The van der Waals surface area contributed by atoms with Crippen LogP contribution in [0.15, 0.2) is 47.3 Å². The fourth-order valence-corrected chi connectivity index (χ4v) is 3.41. The van der Waals surface area contributed by atoms with Crippen LogP contribution in [0.5, 0.6) is 0 Å². The summed E-state index contributed by atoms with van der Waals surface area (Å²) in [7, 11) is 0. The molecule has 3 aliphatic rings. The van der Waals surface area contributed by atoms with Crippen LogP contribution in [0.2, 0.25) is 0 Å². The zero-order valence-electron chi connectivity index (χ0n) is 15.3. The van der Waals surface area contributed by atoms with E-state index in [1.54, 1.807) is 39.8 Å². The topological polar surface area (TPSA) is 78.9 Å². The van der Waals surface area contributed by atoms with Crippen molar-refractivity contribution in [1.82, 2.24) is 0 Å².